The fourth-order valence-corrected chi connectivity index (χ4v) is 4.63. The number of ether oxygens (including phenoxy) is 1. The fraction of sp³-hybridized carbons (Fsp3) is 0.435. The van der Waals surface area contributed by atoms with Crippen LogP contribution in [0.25, 0.3) is 0 Å². The number of rotatable bonds is 4. The predicted molar refractivity (Wildman–Crippen MR) is 127 cm³/mol. The topological polar surface area (TPSA) is 87.7 Å². The highest BCUT2D eigenvalue weighted by Gasteiger charge is 2.28. The number of carbonyl (C=O) groups is 3. The molecule has 3 rings (SSSR count). The van der Waals surface area contributed by atoms with Crippen LogP contribution in [0.3, 0.4) is 0 Å². The van der Waals surface area contributed by atoms with E-state index in [4.69, 9.17) is 16.3 Å². The van der Waals surface area contributed by atoms with Crippen LogP contribution in [-0.2, 0) is 4.74 Å². The van der Waals surface area contributed by atoms with Crippen molar-refractivity contribution in [3.05, 3.63) is 51.1 Å². The van der Waals surface area contributed by atoms with Gasteiger partial charge in [0.2, 0.25) is 0 Å². The molecule has 1 aliphatic heterocycles. The average Bonchev–Trinajstić information content (AvgIpc) is 3.07. The number of hydrogen-bond acceptors (Lipinski definition) is 5. The summed E-state index contributed by atoms with van der Waals surface area (Å²) in [5.41, 5.74) is 0.324. The molecule has 2 heterocycles. The van der Waals surface area contributed by atoms with Gasteiger partial charge in [0.25, 0.3) is 11.8 Å². The van der Waals surface area contributed by atoms with Crippen molar-refractivity contribution in [2.75, 3.05) is 18.4 Å². The van der Waals surface area contributed by atoms with Crippen molar-refractivity contribution in [1.82, 2.24) is 10.2 Å². The predicted octanol–water partition coefficient (Wildman–Crippen LogP) is 5.23. The van der Waals surface area contributed by atoms with E-state index in [1.165, 1.54) is 6.07 Å². The number of amides is 3. The Morgan fingerprint density at radius 3 is 2.42 bits per heavy atom. The molecule has 3 amide bonds. The van der Waals surface area contributed by atoms with Gasteiger partial charge in [0, 0.05) is 19.1 Å². The van der Waals surface area contributed by atoms with Gasteiger partial charge in [-0.1, -0.05) is 11.6 Å². The lowest BCUT2D eigenvalue weighted by Crippen LogP contribution is -2.47. The summed E-state index contributed by atoms with van der Waals surface area (Å²) in [6, 6.07) is 5.19. The zero-order valence-corrected chi connectivity index (χ0v) is 20.5. The van der Waals surface area contributed by atoms with Crippen LogP contribution in [0.2, 0.25) is 5.02 Å². The molecule has 1 aliphatic rings. The van der Waals surface area contributed by atoms with Gasteiger partial charge in [-0.25, -0.2) is 9.18 Å². The smallest absolute Gasteiger partial charge is 0.410 e. The summed E-state index contributed by atoms with van der Waals surface area (Å²) in [6.45, 7) is 8.27. The molecule has 0 unspecified atom stereocenters. The number of benzene rings is 1. The maximum absolute atomic E-state index is 13.2. The maximum atomic E-state index is 13.2. The Labute approximate surface area is 201 Å². The number of carbonyl (C=O) groups excluding carboxylic acids is 3. The van der Waals surface area contributed by atoms with Gasteiger partial charge in [-0.3, -0.25) is 9.59 Å². The van der Waals surface area contributed by atoms with Crippen LogP contribution in [-0.4, -0.2) is 47.5 Å². The minimum Gasteiger partial charge on any atom is -0.444 e. The Morgan fingerprint density at radius 1 is 1.15 bits per heavy atom. The first-order valence-corrected chi connectivity index (χ1v) is 11.8. The van der Waals surface area contributed by atoms with Gasteiger partial charge in [0.1, 0.15) is 11.4 Å². The quantitative estimate of drug-likeness (QED) is 0.608. The minimum absolute atomic E-state index is 0.0106. The Bertz CT molecular complexity index is 1060. The number of anilines is 1. The molecule has 2 aromatic rings. The van der Waals surface area contributed by atoms with E-state index in [0.29, 0.717) is 35.8 Å². The van der Waals surface area contributed by atoms with E-state index in [1.807, 2.05) is 20.8 Å². The molecule has 1 aromatic carbocycles. The van der Waals surface area contributed by atoms with E-state index < -0.39 is 17.3 Å². The third-order valence-electron chi connectivity index (χ3n) is 5.02. The molecule has 0 aliphatic carbocycles. The van der Waals surface area contributed by atoms with Crippen molar-refractivity contribution in [3.63, 3.8) is 0 Å². The zero-order chi connectivity index (χ0) is 24.3. The number of hydrogen-bond donors (Lipinski definition) is 2. The summed E-state index contributed by atoms with van der Waals surface area (Å²) in [4.78, 5) is 39.6. The molecule has 7 nitrogen and oxygen atoms in total. The molecule has 1 aromatic heterocycles. The first-order chi connectivity index (χ1) is 15.4. The maximum Gasteiger partial charge on any atom is 0.410 e. The number of nitrogens with one attached hydrogen (secondary N) is 2. The molecule has 0 spiro atoms. The van der Waals surface area contributed by atoms with Crippen LogP contribution in [0.15, 0.2) is 24.3 Å². The second-order valence-electron chi connectivity index (χ2n) is 8.92. The van der Waals surface area contributed by atoms with Gasteiger partial charge in [0.05, 0.1) is 20.5 Å². The van der Waals surface area contributed by atoms with Crippen LogP contribution in [0.5, 0.6) is 0 Å². The molecule has 0 saturated carbocycles. The highest BCUT2D eigenvalue weighted by Crippen LogP contribution is 2.28. The first-order valence-electron chi connectivity index (χ1n) is 10.6. The van der Waals surface area contributed by atoms with Crippen LogP contribution >= 0.6 is 22.9 Å². The van der Waals surface area contributed by atoms with Crippen molar-refractivity contribution >= 4 is 45.8 Å². The van der Waals surface area contributed by atoms with Crippen molar-refractivity contribution < 1.29 is 23.5 Å². The van der Waals surface area contributed by atoms with Crippen molar-refractivity contribution in [2.45, 2.75) is 52.2 Å². The Hall–Kier alpha value is -2.65. The normalized spacial score (nSPS) is 14.7. The van der Waals surface area contributed by atoms with Crippen LogP contribution in [0.1, 0.15) is 59.2 Å². The third-order valence-corrected chi connectivity index (χ3v) is 6.48. The van der Waals surface area contributed by atoms with E-state index in [-0.39, 0.29) is 28.6 Å². The summed E-state index contributed by atoms with van der Waals surface area (Å²) in [5, 5.41) is 6.22. The number of aryl methyl sites for hydroxylation is 1. The molecule has 1 fully saturated rings. The molecule has 1 saturated heterocycles. The lowest BCUT2D eigenvalue weighted by atomic mass is 10.1. The van der Waals surface area contributed by atoms with Gasteiger partial charge < -0.3 is 20.3 Å². The number of piperidine rings is 1. The van der Waals surface area contributed by atoms with Crippen molar-refractivity contribution in [1.29, 1.82) is 0 Å². The van der Waals surface area contributed by atoms with Gasteiger partial charge >= 0.3 is 6.09 Å². The number of thiophene rings is 1. The Morgan fingerprint density at radius 2 is 1.82 bits per heavy atom. The average molecular weight is 496 g/mol. The second-order valence-corrected chi connectivity index (χ2v) is 10.4. The molecule has 2 N–H and O–H groups in total. The van der Waals surface area contributed by atoms with E-state index in [0.717, 1.165) is 29.0 Å². The highest BCUT2D eigenvalue weighted by atomic mass is 35.5. The lowest BCUT2D eigenvalue weighted by Gasteiger charge is -2.33. The number of nitrogens with zero attached hydrogens (tertiary/aromatic N) is 1. The summed E-state index contributed by atoms with van der Waals surface area (Å²) in [5.74, 6) is -1.24. The Kier molecular flexibility index (Phi) is 7.64. The van der Waals surface area contributed by atoms with E-state index in [2.05, 4.69) is 10.6 Å². The van der Waals surface area contributed by atoms with Gasteiger partial charge in [-0.05, 0) is 70.4 Å². The molecular formula is C23H27ClFN3O4S. The number of likely N-dealkylation sites (tertiary alicyclic amines) is 1. The second kappa shape index (κ2) is 10.1. The van der Waals surface area contributed by atoms with E-state index >= 15 is 0 Å². The van der Waals surface area contributed by atoms with Crippen LogP contribution < -0.4 is 10.6 Å². The molecule has 10 heteroatoms. The van der Waals surface area contributed by atoms with Gasteiger partial charge in [0.15, 0.2) is 0 Å². The SMILES string of the molecule is Cc1cc(NC(=O)c2ccc(F)cc2Cl)sc1C(=O)NC1CCN(C(=O)OC(C)(C)C)CC1. The summed E-state index contributed by atoms with van der Waals surface area (Å²) in [6.07, 6.45) is 0.910. The molecule has 0 atom stereocenters. The lowest BCUT2D eigenvalue weighted by molar-refractivity contribution is 0.0199. The molecule has 178 valence electrons. The van der Waals surface area contributed by atoms with E-state index in [9.17, 15) is 18.8 Å². The van der Waals surface area contributed by atoms with Crippen LogP contribution in [0, 0.1) is 12.7 Å². The first kappa shape index (κ1) is 25.0. The standard InChI is InChI=1S/C23H27ClFN3O4S/c1-13-11-18(27-20(29)16-6-5-14(25)12-17(16)24)33-19(13)21(30)26-15-7-9-28(10-8-15)22(31)32-23(2,3)4/h5-6,11-12,15H,7-10H2,1-4H3,(H,26,30)(H,27,29). The fourth-order valence-electron chi connectivity index (χ4n) is 3.41. The summed E-state index contributed by atoms with van der Waals surface area (Å²) >= 11 is 7.11. The third kappa shape index (κ3) is 6.68. The highest BCUT2D eigenvalue weighted by molar-refractivity contribution is 7.18. The van der Waals surface area contributed by atoms with Gasteiger partial charge in [-0.2, -0.15) is 0 Å². The number of halogens is 2. The largest absolute Gasteiger partial charge is 0.444 e. The molecule has 33 heavy (non-hydrogen) atoms. The molecular weight excluding hydrogens is 469 g/mol. The monoisotopic (exact) mass is 495 g/mol. The van der Waals surface area contributed by atoms with Crippen LogP contribution in [0.4, 0.5) is 14.2 Å². The molecule has 0 bridgehead atoms. The van der Waals surface area contributed by atoms with Gasteiger partial charge in [-0.15, -0.1) is 11.3 Å². The zero-order valence-electron chi connectivity index (χ0n) is 19.0. The van der Waals surface area contributed by atoms with E-state index in [1.54, 1.807) is 17.9 Å². The van der Waals surface area contributed by atoms with Crippen molar-refractivity contribution in [2.24, 2.45) is 0 Å². The minimum atomic E-state index is -0.548. The Balaban J connectivity index is 1.56. The summed E-state index contributed by atoms with van der Waals surface area (Å²) in [7, 11) is 0. The summed E-state index contributed by atoms with van der Waals surface area (Å²) < 4.78 is 18.6. The molecule has 0 radical (unpaired) electrons. The van der Waals surface area contributed by atoms with Crippen molar-refractivity contribution in [3.8, 4) is 0 Å².